The van der Waals surface area contributed by atoms with Crippen molar-refractivity contribution in [1.29, 1.82) is 0 Å². The van der Waals surface area contributed by atoms with E-state index in [0.717, 1.165) is 34.1 Å². The topological polar surface area (TPSA) is 45.5 Å². The summed E-state index contributed by atoms with van der Waals surface area (Å²) in [4.78, 5) is 15.6. The van der Waals surface area contributed by atoms with Crippen LogP contribution >= 0.6 is 15.9 Å². The van der Waals surface area contributed by atoms with Crippen LogP contribution in [0, 0.1) is 13.8 Å². The molecule has 158 valence electrons. The molecule has 2 heterocycles. The molecule has 0 aliphatic carbocycles. The molecule has 1 fully saturated rings. The van der Waals surface area contributed by atoms with Gasteiger partial charge in [0.1, 0.15) is 5.58 Å². The van der Waals surface area contributed by atoms with Gasteiger partial charge in [-0.25, -0.2) is 0 Å². The van der Waals surface area contributed by atoms with E-state index in [-0.39, 0.29) is 11.9 Å². The SMILES string of the molecule is Cc1ccc([C@@H](CNC(=O)c2oc3cc(Br)ccc3c2C)N2CCCCCC2)cc1. The molecule has 4 rings (SSSR count). The van der Waals surface area contributed by atoms with Gasteiger partial charge in [-0.15, -0.1) is 0 Å². The monoisotopic (exact) mass is 468 g/mol. The second kappa shape index (κ2) is 9.36. The van der Waals surface area contributed by atoms with Crippen molar-refractivity contribution in [2.24, 2.45) is 0 Å². The highest BCUT2D eigenvalue weighted by Crippen LogP contribution is 2.28. The van der Waals surface area contributed by atoms with E-state index in [1.54, 1.807) is 0 Å². The van der Waals surface area contributed by atoms with Gasteiger partial charge in [-0.1, -0.05) is 58.6 Å². The van der Waals surface area contributed by atoms with Crippen LogP contribution in [0.4, 0.5) is 0 Å². The van der Waals surface area contributed by atoms with E-state index in [9.17, 15) is 4.79 Å². The molecule has 1 atom stereocenters. The molecule has 0 bridgehead atoms. The summed E-state index contributed by atoms with van der Waals surface area (Å²) in [6.45, 7) is 6.77. The minimum absolute atomic E-state index is 0.147. The second-order valence-corrected chi connectivity index (χ2v) is 9.20. The Morgan fingerprint density at radius 1 is 1.07 bits per heavy atom. The van der Waals surface area contributed by atoms with Crippen LogP contribution in [0.15, 0.2) is 51.4 Å². The standard InChI is InChI=1S/C25H29BrN2O2/c1-17-7-9-19(10-8-17)22(28-13-5-3-4-6-14-28)16-27-25(29)24-18(2)21-12-11-20(26)15-23(21)30-24/h7-12,15,22H,3-6,13-14,16H2,1-2H3,(H,27,29)/t22-/m1/s1. The highest BCUT2D eigenvalue weighted by molar-refractivity contribution is 9.10. The van der Waals surface area contributed by atoms with Gasteiger partial charge in [-0.2, -0.15) is 0 Å². The molecule has 30 heavy (non-hydrogen) atoms. The molecular weight excluding hydrogens is 440 g/mol. The number of carbonyl (C=O) groups excluding carboxylic acids is 1. The number of amides is 1. The van der Waals surface area contributed by atoms with E-state index >= 15 is 0 Å². The Labute approximate surface area is 186 Å². The minimum atomic E-state index is -0.147. The number of fused-ring (bicyclic) bond motifs is 1. The van der Waals surface area contributed by atoms with E-state index in [4.69, 9.17) is 4.42 Å². The van der Waals surface area contributed by atoms with E-state index < -0.39 is 0 Å². The van der Waals surface area contributed by atoms with Crippen molar-refractivity contribution >= 4 is 32.8 Å². The van der Waals surface area contributed by atoms with Crippen molar-refractivity contribution in [3.05, 3.63) is 69.4 Å². The van der Waals surface area contributed by atoms with Gasteiger partial charge < -0.3 is 9.73 Å². The summed E-state index contributed by atoms with van der Waals surface area (Å²) >= 11 is 3.47. The van der Waals surface area contributed by atoms with E-state index in [2.05, 4.69) is 57.3 Å². The summed E-state index contributed by atoms with van der Waals surface area (Å²) < 4.78 is 6.85. The maximum atomic E-state index is 13.0. The first-order valence-corrected chi connectivity index (χ1v) is 11.6. The predicted octanol–water partition coefficient (Wildman–Crippen LogP) is 6.16. The fourth-order valence-corrected chi connectivity index (χ4v) is 4.68. The van der Waals surface area contributed by atoms with Crippen molar-refractivity contribution in [3.8, 4) is 0 Å². The lowest BCUT2D eigenvalue weighted by Gasteiger charge is -2.31. The van der Waals surface area contributed by atoms with Gasteiger partial charge in [0.2, 0.25) is 0 Å². The number of nitrogens with one attached hydrogen (secondary N) is 1. The zero-order valence-corrected chi connectivity index (χ0v) is 19.3. The Kier molecular flexibility index (Phi) is 6.59. The van der Waals surface area contributed by atoms with Gasteiger partial charge in [-0.3, -0.25) is 9.69 Å². The average molecular weight is 469 g/mol. The number of hydrogen-bond donors (Lipinski definition) is 1. The summed E-state index contributed by atoms with van der Waals surface area (Å²) in [6.07, 6.45) is 5.01. The van der Waals surface area contributed by atoms with Crippen LogP contribution in [0.25, 0.3) is 11.0 Å². The van der Waals surface area contributed by atoms with Gasteiger partial charge in [0.25, 0.3) is 5.91 Å². The molecule has 1 aliphatic heterocycles. The van der Waals surface area contributed by atoms with Crippen LogP contribution in [0.2, 0.25) is 0 Å². The summed E-state index contributed by atoms with van der Waals surface area (Å²) in [5.41, 5.74) is 4.13. The van der Waals surface area contributed by atoms with Crippen molar-refractivity contribution in [3.63, 3.8) is 0 Å². The zero-order chi connectivity index (χ0) is 21.1. The van der Waals surface area contributed by atoms with Crippen molar-refractivity contribution < 1.29 is 9.21 Å². The summed E-state index contributed by atoms with van der Waals surface area (Å²) in [7, 11) is 0. The van der Waals surface area contributed by atoms with Crippen LogP contribution in [0.5, 0.6) is 0 Å². The van der Waals surface area contributed by atoms with Gasteiger partial charge in [0.05, 0.1) is 6.04 Å². The van der Waals surface area contributed by atoms with Crippen molar-refractivity contribution in [2.75, 3.05) is 19.6 Å². The lowest BCUT2D eigenvalue weighted by Crippen LogP contribution is -2.38. The first kappa shape index (κ1) is 21.1. The highest BCUT2D eigenvalue weighted by atomic mass is 79.9. The summed E-state index contributed by atoms with van der Waals surface area (Å²) in [6, 6.07) is 14.7. The molecule has 1 saturated heterocycles. The number of benzene rings is 2. The zero-order valence-electron chi connectivity index (χ0n) is 17.7. The number of halogens is 1. The van der Waals surface area contributed by atoms with E-state index in [1.807, 2.05) is 25.1 Å². The smallest absolute Gasteiger partial charge is 0.287 e. The molecular formula is C25H29BrN2O2. The van der Waals surface area contributed by atoms with Crippen LogP contribution in [0.3, 0.4) is 0 Å². The third-order valence-corrected chi connectivity index (χ3v) is 6.60. The van der Waals surface area contributed by atoms with Gasteiger partial charge >= 0.3 is 0 Å². The third kappa shape index (κ3) is 4.62. The second-order valence-electron chi connectivity index (χ2n) is 8.28. The predicted molar refractivity (Wildman–Crippen MR) is 125 cm³/mol. The number of hydrogen-bond acceptors (Lipinski definition) is 3. The van der Waals surface area contributed by atoms with Crippen LogP contribution in [-0.2, 0) is 0 Å². The van der Waals surface area contributed by atoms with Gasteiger partial charge in [0, 0.05) is 22.0 Å². The molecule has 0 saturated carbocycles. The molecule has 1 amide bonds. The highest BCUT2D eigenvalue weighted by Gasteiger charge is 2.24. The molecule has 3 aromatic rings. The maximum absolute atomic E-state index is 13.0. The molecule has 0 unspecified atom stereocenters. The van der Waals surface area contributed by atoms with Crippen LogP contribution in [-0.4, -0.2) is 30.4 Å². The molecule has 2 aromatic carbocycles. The Hall–Kier alpha value is -2.11. The molecule has 1 N–H and O–H groups in total. The maximum Gasteiger partial charge on any atom is 0.287 e. The van der Waals surface area contributed by atoms with Crippen LogP contribution < -0.4 is 5.32 Å². The Morgan fingerprint density at radius 2 is 1.77 bits per heavy atom. The summed E-state index contributed by atoms with van der Waals surface area (Å²) in [5.74, 6) is 0.258. The average Bonchev–Trinajstić information content (AvgIpc) is 2.90. The minimum Gasteiger partial charge on any atom is -0.451 e. The molecule has 1 aromatic heterocycles. The number of nitrogens with zero attached hydrogens (tertiary/aromatic N) is 1. The fraction of sp³-hybridized carbons (Fsp3) is 0.400. The van der Waals surface area contributed by atoms with Crippen molar-refractivity contribution in [2.45, 2.75) is 45.6 Å². The number of likely N-dealkylation sites (tertiary alicyclic amines) is 1. The molecule has 4 nitrogen and oxygen atoms in total. The largest absolute Gasteiger partial charge is 0.451 e. The normalized spacial score (nSPS) is 16.4. The first-order valence-electron chi connectivity index (χ1n) is 10.8. The first-order chi connectivity index (χ1) is 14.5. The molecule has 5 heteroatoms. The number of rotatable bonds is 5. The van der Waals surface area contributed by atoms with Gasteiger partial charge in [0.15, 0.2) is 5.76 Å². The Balaban J connectivity index is 1.55. The Morgan fingerprint density at radius 3 is 2.47 bits per heavy atom. The lowest BCUT2D eigenvalue weighted by molar-refractivity contribution is 0.0907. The van der Waals surface area contributed by atoms with E-state index in [0.29, 0.717) is 12.3 Å². The number of furan rings is 1. The van der Waals surface area contributed by atoms with Crippen LogP contribution in [0.1, 0.15) is 59.0 Å². The molecule has 0 radical (unpaired) electrons. The summed E-state index contributed by atoms with van der Waals surface area (Å²) in [5, 5.41) is 4.14. The fourth-order valence-electron chi connectivity index (χ4n) is 4.34. The quantitative estimate of drug-likeness (QED) is 0.487. The molecule has 0 spiro atoms. The van der Waals surface area contributed by atoms with Gasteiger partial charge in [-0.05, 0) is 63.5 Å². The van der Waals surface area contributed by atoms with E-state index in [1.165, 1.54) is 36.8 Å². The lowest BCUT2D eigenvalue weighted by atomic mass is 10.0. The number of aryl methyl sites for hydroxylation is 2. The van der Waals surface area contributed by atoms with Crippen molar-refractivity contribution in [1.82, 2.24) is 10.2 Å². The third-order valence-electron chi connectivity index (χ3n) is 6.11. The Bertz CT molecular complexity index is 1020. The number of carbonyl (C=O) groups is 1. The molecule has 1 aliphatic rings.